The molecule has 4 bridgehead atoms. The standard InChI is InChI=1S/C20H32N4/c1-18-2-4-19(5-3-18)20(23-12-6-21(7-13-23)8-14-23)24-15-9-22(10-16-24)11-17-24/h2-5,20H,6-17H2,1H3/q+2. The van der Waals surface area contributed by atoms with Crippen LogP contribution in [0.1, 0.15) is 17.3 Å². The van der Waals surface area contributed by atoms with Crippen LogP contribution in [0.2, 0.25) is 0 Å². The predicted molar refractivity (Wildman–Crippen MR) is 96.5 cm³/mol. The van der Waals surface area contributed by atoms with E-state index >= 15 is 0 Å². The van der Waals surface area contributed by atoms with Gasteiger partial charge in [-0.1, -0.05) is 17.7 Å². The van der Waals surface area contributed by atoms with Crippen LogP contribution < -0.4 is 0 Å². The maximum absolute atomic E-state index is 2.68. The van der Waals surface area contributed by atoms with E-state index in [0.717, 1.165) is 0 Å². The molecule has 6 fully saturated rings. The van der Waals surface area contributed by atoms with Gasteiger partial charge in [-0.15, -0.1) is 0 Å². The van der Waals surface area contributed by atoms with Gasteiger partial charge in [0.05, 0.1) is 44.8 Å². The van der Waals surface area contributed by atoms with Gasteiger partial charge in [0.1, 0.15) is 0 Å². The molecule has 0 atom stereocenters. The first kappa shape index (κ1) is 15.3. The number of benzene rings is 1. The molecule has 0 amide bonds. The quantitative estimate of drug-likeness (QED) is 0.772. The van der Waals surface area contributed by atoms with Crippen LogP contribution in [0.25, 0.3) is 0 Å². The molecule has 6 heterocycles. The maximum Gasteiger partial charge on any atom is 0.243 e. The average Bonchev–Trinajstić information content (AvgIpc) is 2.66. The van der Waals surface area contributed by atoms with Crippen molar-refractivity contribution in [2.45, 2.75) is 13.1 Å². The fraction of sp³-hybridized carbons (Fsp3) is 0.700. The molecular weight excluding hydrogens is 296 g/mol. The third kappa shape index (κ3) is 2.27. The van der Waals surface area contributed by atoms with E-state index in [9.17, 15) is 0 Å². The molecule has 6 saturated heterocycles. The zero-order valence-corrected chi connectivity index (χ0v) is 15.2. The van der Waals surface area contributed by atoms with Crippen LogP contribution >= 0.6 is 0 Å². The summed E-state index contributed by atoms with van der Waals surface area (Å²) in [5.74, 6) is 0. The van der Waals surface area contributed by atoms with Gasteiger partial charge in [-0.25, -0.2) is 0 Å². The van der Waals surface area contributed by atoms with Crippen LogP contribution in [-0.2, 0) is 0 Å². The van der Waals surface area contributed by atoms with Crippen molar-refractivity contribution in [3.63, 3.8) is 0 Å². The molecule has 6 aliphatic heterocycles. The molecule has 0 saturated carbocycles. The fourth-order valence-electron chi connectivity index (χ4n) is 6.01. The Labute approximate surface area is 146 Å². The van der Waals surface area contributed by atoms with Crippen LogP contribution in [0.5, 0.6) is 0 Å². The van der Waals surface area contributed by atoms with E-state index in [2.05, 4.69) is 41.0 Å². The van der Waals surface area contributed by atoms with Crippen molar-refractivity contribution in [1.29, 1.82) is 0 Å². The summed E-state index contributed by atoms with van der Waals surface area (Å²) in [7, 11) is 0. The summed E-state index contributed by atoms with van der Waals surface area (Å²) in [6.07, 6.45) is 0.676. The molecule has 4 heteroatoms. The highest BCUT2D eigenvalue weighted by Crippen LogP contribution is 2.43. The summed E-state index contributed by atoms with van der Waals surface area (Å²) in [6.45, 7) is 18.3. The van der Waals surface area contributed by atoms with Gasteiger partial charge in [-0.05, 0) is 19.1 Å². The van der Waals surface area contributed by atoms with Crippen LogP contribution in [-0.4, -0.2) is 97.3 Å². The summed E-state index contributed by atoms with van der Waals surface area (Å²) in [4.78, 5) is 5.36. The zero-order valence-electron chi connectivity index (χ0n) is 15.2. The molecule has 0 aliphatic carbocycles. The van der Waals surface area contributed by atoms with E-state index < -0.39 is 0 Å². The van der Waals surface area contributed by atoms with Gasteiger partial charge in [0.25, 0.3) is 0 Å². The van der Waals surface area contributed by atoms with E-state index in [-0.39, 0.29) is 0 Å². The molecule has 1 aromatic rings. The third-order valence-corrected chi connectivity index (χ3v) is 7.58. The zero-order chi connectivity index (χ0) is 16.2. The number of hydrogen-bond acceptors (Lipinski definition) is 2. The number of aryl methyl sites for hydroxylation is 1. The van der Waals surface area contributed by atoms with Crippen LogP contribution in [0.15, 0.2) is 24.3 Å². The summed E-state index contributed by atoms with van der Waals surface area (Å²) in [5, 5.41) is 0. The highest BCUT2D eigenvalue weighted by Gasteiger charge is 2.57. The minimum atomic E-state index is 0.676. The smallest absolute Gasteiger partial charge is 0.243 e. The third-order valence-electron chi connectivity index (χ3n) is 7.58. The predicted octanol–water partition coefficient (Wildman–Crippen LogP) is 1.29. The summed E-state index contributed by atoms with van der Waals surface area (Å²) >= 11 is 0. The fourth-order valence-corrected chi connectivity index (χ4v) is 6.01. The SMILES string of the molecule is Cc1ccc(C([N+]23CCN(CC2)CC3)[N+]23CCN(CC2)CC3)cc1. The number of fused-ring (bicyclic) bond motifs is 6. The van der Waals surface area contributed by atoms with E-state index in [1.807, 2.05) is 0 Å². The molecule has 130 valence electrons. The van der Waals surface area contributed by atoms with Crippen molar-refractivity contribution < 1.29 is 8.97 Å². The topological polar surface area (TPSA) is 6.48 Å². The minimum absolute atomic E-state index is 0.676. The van der Waals surface area contributed by atoms with Gasteiger partial charge < -0.3 is 0 Å². The Morgan fingerprint density at radius 1 is 0.667 bits per heavy atom. The monoisotopic (exact) mass is 328 g/mol. The van der Waals surface area contributed by atoms with Gasteiger partial charge in [0.15, 0.2) is 0 Å². The lowest BCUT2D eigenvalue weighted by atomic mass is 9.97. The van der Waals surface area contributed by atoms with Gasteiger partial charge in [0.2, 0.25) is 6.17 Å². The van der Waals surface area contributed by atoms with Crippen molar-refractivity contribution in [3.8, 4) is 0 Å². The summed E-state index contributed by atoms with van der Waals surface area (Å²) in [5.41, 5.74) is 3.01. The van der Waals surface area contributed by atoms with Gasteiger partial charge in [0, 0.05) is 39.3 Å². The largest absolute Gasteiger partial charge is 0.287 e. The second-order valence-electron chi connectivity index (χ2n) is 8.75. The number of nitrogens with zero attached hydrogens (tertiary/aromatic N) is 4. The van der Waals surface area contributed by atoms with E-state index in [1.165, 1.54) is 93.1 Å². The minimum Gasteiger partial charge on any atom is -0.287 e. The Hall–Kier alpha value is -0.940. The van der Waals surface area contributed by atoms with Crippen LogP contribution in [0.3, 0.4) is 0 Å². The average molecular weight is 329 g/mol. The first-order valence-electron chi connectivity index (χ1n) is 9.92. The molecule has 0 unspecified atom stereocenters. The van der Waals surface area contributed by atoms with E-state index in [0.29, 0.717) is 6.17 Å². The van der Waals surface area contributed by atoms with Gasteiger partial charge in [-0.3, -0.25) is 18.8 Å². The molecule has 0 spiro atoms. The molecule has 4 nitrogen and oxygen atoms in total. The second kappa shape index (κ2) is 5.53. The van der Waals surface area contributed by atoms with Crippen molar-refractivity contribution >= 4 is 0 Å². The molecule has 1 aromatic carbocycles. The lowest BCUT2D eigenvalue weighted by Crippen LogP contribution is -2.78. The van der Waals surface area contributed by atoms with Crippen LogP contribution in [0.4, 0.5) is 0 Å². The first-order valence-corrected chi connectivity index (χ1v) is 9.92. The number of quaternary nitrogens is 2. The molecule has 0 N–H and O–H groups in total. The molecule has 7 rings (SSSR count). The van der Waals surface area contributed by atoms with Crippen molar-refractivity contribution in [1.82, 2.24) is 9.80 Å². The highest BCUT2D eigenvalue weighted by molar-refractivity contribution is 5.22. The Balaban J connectivity index is 1.59. The van der Waals surface area contributed by atoms with Gasteiger partial charge >= 0.3 is 0 Å². The normalized spacial score (nSPS) is 42.2. The Morgan fingerprint density at radius 3 is 1.42 bits per heavy atom. The molecule has 0 radical (unpaired) electrons. The first-order chi connectivity index (χ1) is 11.7. The summed E-state index contributed by atoms with van der Waals surface area (Å²) < 4.78 is 2.72. The Morgan fingerprint density at radius 2 is 1.04 bits per heavy atom. The number of hydrogen-bond donors (Lipinski definition) is 0. The molecular formula is C20H32N4+2. The van der Waals surface area contributed by atoms with E-state index in [1.54, 1.807) is 5.56 Å². The lowest BCUT2D eigenvalue weighted by Gasteiger charge is -2.62. The summed E-state index contributed by atoms with van der Waals surface area (Å²) in [6, 6.07) is 9.61. The maximum atomic E-state index is 2.68. The van der Waals surface area contributed by atoms with Crippen molar-refractivity contribution in [2.24, 2.45) is 0 Å². The number of piperazine rings is 6. The van der Waals surface area contributed by atoms with Gasteiger partial charge in [-0.2, -0.15) is 0 Å². The molecule has 0 aromatic heterocycles. The number of rotatable bonds is 3. The molecule has 6 aliphatic rings. The van der Waals surface area contributed by atoms with E-state index in [4.69, 9.17) is 0 Å². The van der Waals surface area contributed by atoms with Crippen molar-refractivity contribution in [3.05, 3.63) is 35.4 Å². The van der Waals surface area contributed by atoms with Crippen LogP contribution in [0, 0.1) is 6.92 Å². The Bertz CT molecular complexity index is 535. The molecule has 24 heavy (non-hydrogen) atoms. The van der Waals surface area contributed by atoms with Crippen molar-refractivity contribution in [2.75, 3.05) is 78.5 Å². The second-order valence-corrected chi connectivity index (χ2v) is 8.75. The lowest BCUT2D eigenvalue weighted by molar-refractivity contribution is -1.15. The Kier molecular flexibility index (Phi) is 3.53. The highest BCUT2D eigenvalue weighted by atomic mass is 15.6.